The summed E-state index contributed by atoms with van der Waals surface area (Å²) in [6.07, 6.45) is 1.96. The number of likely N-dealkylation sites (tertiary alicyclic amines) is 1. The molecule has 6 nitrogen and oxygen atoms in total. The first-order valence-electron chi connectivity index (χ1n) is 10.7. The minimum atomic E-state index is 0.138. The van der Waals surface area contributed by atoms with Gasteiger partial charge in [-0.1, -0.05) is 18.2 Å². The molecule has 4 heterocycles. The SMILES string of the molecule is Cc1cccc([C@@H](C)Nc2nnc(C)c3cnc(N4CC5(CN(C)C5)C4)cc23)c1C. The summed E-state index contributed by atoms with van der Waals surface area (Å²) in [5.74, 6) is 1.86. The lowest BCUT2D eigenvalue weighted by Crippen LogP contribution is -2.71. The summed E-state index contributed by atoms with van der Waals surface area (Å²) in [4.78, 5) is 9.53. The predicted octanol–water partition coefficient (Wildman–Crippen LogP) is 3.87. The van der Waals surface area contributed by atoms with Crippen molar-refractivity contribution in [3.8, 4) is 0 Å². The molecule has 1 atom stereocenters. The fraction of sp³-hybridized carbons (Fsp3) is 0.458. The van der Waals surface area contributed by atoms with Gasteiger partial charge in [0, 0.05) is 48.6 Å². The number of aryl methyl sites for hydroxylation is 2. The molecule has 1 spiro atoms. The topological polar surface area (TPSA) is 57.2 Å². The van der Waals surface area contributed by atoms with Crippen LogP contribution in [0.2, 0.25) is 0 Å². The third kappa shape index (κ3) is 3.10. The number of hydrogen-bond acceptors (Lipinski definition) is 6. The van der Waals surface area contributed by atoms with Crippen LogP contribution in [-0.2, 0) is 0 Å². The molecule has 156 valence electrons. The first-order chi connectivity index (χ1) is 14.3. The molecule has 0 aliphatic carbocycles. The van der Waals surface area contributed by atoms with Gasteiger partial charge in [0.2, 0.25) is 0 Å². The molecule has 2 fully saturated rings. The van der Waals surface area contributed by atoms with E-state index >= 15 is 0 Å². The van der Waals surface area contributed by atoms with E-state index in [4.69, 9.17) is 4.98 Å². The van der Waals surface area contributed by atoms with Gasteiger partial charge in [-0.3, -0.25) is 0 Å². The Balaban J connectivity index is 1.45. The normalized spacial score (nSPS) is 18.9. The van der Waals surface area contributed by atoms with Crippen molar-refractivity contribution >= 4 is 22.4 Å². The molecule has 2 aromatic heterocycles. The van der Waals surface area contributed by atoms with Gasteiger partial charge in [-0.05, 0) is 57.5 Å². The van der Waals surface area contributed by atoms with Crippen molar-refractivity contribution in [1.29, 1.82) is 0 Å². The Morgan fingerprint density at radius 1 is 1.03 bits per heavy atom. The van der Waals surface area contributed by atoms with Crippen LogP contribution in [0.4, 0.5) is 11.6 Å². The number of hydrogen-bond donors (Lipinski definition) is 1. The summed E-state index contributed by atoms with van der Waals surface area (Å²) in [6.45, 7) is 13.1. The van der Waals surface area contributed by atoms with Gasteiger partial charge in [-0.2, -0.15) is 5.10 Å². The third-order valence-corrected chi connectivity index (χ3v) is 6.89. The van der Waals surface area contributed by atoms with E-state index < -0.39 is 0 Å². The summed E-state index contributed by atoms with van der Waals surface area (Å²) < 4.78 is 0. The van der Waals surface area contributed by atoms with E-state index in [9.17, 15) is 0 Å². The smallest absolute Gasteiger partial charge is 0.157 e. The summed E-state index contributed by atoms with van der Waals surface area (Å²) in [5, 5.41) is 14.7. The molecule has 0 radical (unpaired) electrons. The highest BCUT2D eigenvalue weighted by Crippen LogP contribution is 2.41. The van der Waals surface area contributed by atoms with Crippen molar-refractivity contribution in [2.45, 2.75) is 33.7 Å². The maximum absolute atomic E-state index is 4.75. The molecule has 0 unspecified atom stereocenters. The van der Waals surface area contributed by atoms with Gasteiger partial charge in [0.05, 0.1) is 11.7 Å². The molecule has 5 rings (SSSR count). The molecular weight excluding hydrogens is 372 g/mol. The minimum Gasteiger partial charge on any atom is -0.362 e. The second-order valence-electron chi connectivity index (χ2n) is 9.41. The Hall–Kier alpha value is -2.73. The van der Waals surface area contributed by atoms with Crippen LogP contribution in [0, 0.1) is 26.2 Å². The van der Waals surface area contributed by atoms with E-state index in [0.717, 1.165) is 41.2 Å². The van der Waals surface area contributed by atoms with Gasteiger partial charge in [-0.25, -0.2) is 4.98 Å². The van der Waals surface area contributed by atoms with E-state index in [-0.39, 0.29) is 6.04 Å². The van der Waals surface area contributed by atoms with E-state index in [1.807, 2.05) is 13.1 Å². The van der Waals surface area contributed by atoms with E-state index in [1.54, 1.807) is 0 Å². The van der Waals surface area contributed by atoms with E-state index in [2.05, 4.69) is 77.4 Å². The quantitative estimate of drug-likeness (QED) is 0.715. The molecule has 30 heavy (non-hydrogen) atoms. The Labute approximate surface area is 178 Å². The molecule has 2 saturated heterocycles. The van der Waals surface area contributed by atoms with Gasteiger partial charge < -0.3 is 15.1 Å². The molecule has 0 saturated carbocycles. The molecule has 3 aromatic rings. The second kappa shape index (κ2) is 6.91. The predicted molar refractivity (Wildman–Crippen MR) is 122 cm³/mol. The summed E-state index contributed by atoms with van der Waals surface area (Å²) >= 11 is 0. The zero-order chi connectivity index (χ0) is 21.0. The van der Waals surface area contributed by atoms with Gasteiger partial charge in [0.25, 0.3) is 0 Å². The lowest BCUT2D eigenvalue weighted by molar-refractivity contribution is -0.00278. The highest BCUT2D eigenvalue weighted by Gasteiger charge is 2.50. The van der Waals surface area contributed by atoms with Crippen molar-refractivity contribution in [2.75, 3.05) is 43.4 Å². The number of anilines is 2. The van der Waals surface area contributed by atoms with E-state index in [0.29, 0.717) is 5.41 Å². The summed E-state index contributed by atoms with van der Waals surface area (Å²) in [5.41, 5.74) is 5.31. The fourth-order valence-electron chi connectivity index (χ4n) is 5.19. The Morgan fingerprint density at radius 2 is 1.80 bits per heavy atom. The molecule has 2 aliphatic heterocycles. The van der Waals surface area contributed by atoms with Gasteiger partial charge >= 0.3 is 0 Å². The van der Waals surface area contributed by atoms with Crippen molar-refractivity contribution in [3.63, 3.8) is 0 Å². The molecule has 0 bridgehead atoms. The maximum atomic E-state index is 4.75. The highest BCUT2D eigenvalue weighted by molar-refractivity contribution is 5.94. The summed E-state index contributed by atoms with van der Waals surface area (Å²) in [6, 6.07) is 8.79. The van der Waals surface area contributed by atoms with Crippen LogP contribution in [0.5, 0.6) is 0 Å². The fourth-order valence-corrected chi connectivity index (χ4v) is 5.19. The van der Waals surface area contributed by atoms with Gasteiger partial charge in [-0.15, -0.1) is 5.10 Å². The molecule has 1 aromatic carbocycles. The van der Waals surface area contributed by atoms with Crippen molar-refractivity contribution < 1.29 is 0 Å². The van der Waals surface area contributed by atoms with Crippen LogP contribution < -0.4 is 10.2 Å². The number of aromatic nitrogens is 3. The lowest BCUT2D eigenvalue weighted by atomic mass is 9.73. The highest BCUT2D eigenvalue weighted by atomic mass is 15.3. The number of benzene rings is 1. The van der Waals surface area contributed by atoms with Crippen LogP contribution >= 0.6 is 0 Å². The first-order valence-corrected chi connectivity index (χ1v) is 10.7. The monoisotopic (exact) mass is 402 g/mol. The molecule has 2 aliphatic rings. The number of pyridine rings is 1. The van der Waals surface area contributed by atoms with Crippen LogP contribution in [0.1, 0.15) is 35.3 Å². The number of nitrogens with zero attached hydrogens (tertiary/aromatic N) is 5. The Bertz CT molecular complexity index is 1110. The third-order valence-electron chi connectivity index (χ3n) is 6.89. The van der Waals surface area contributed by atoms with Crippen molar-refractivity contribution in [1.82, 2.24) is 20.1 Å². The number of nitrogens with one attached hydrogen (secondary N) is 1. The molecular formula is C24H30N6. The lowest BCUT2D eigenvalue weighted by Gasteiger charge is -2.59. The van der Waals surface area contributed by atoms with Gasteiger partial charge in [0.15, 0.2) is 5.82 Å². The number of fused-ring (bicyclic) bond motifs is 1. The van der Waals surface area contributed by atoms with Crippen LogP contribution in [0.15, 0.2) is 30.5 Å². The van der Waals surface area contributed by atoms with Crippen molar-refractivity contribution in [2.24, 2.45) is 5.41 Å². The molecule has 6 heteroatoms. The molecule has 0 amide bonds. The maximum Gasteiger partial charge on any atom is 0.157 e. The van der Waals surface area contributed by atoms with Crippen LogP contribution in [-0.4, -0.2) is 53.3 Å². The standard InChI is InChI=1S/C24H30N6/c1-15-7-6-8-19(16(15)2)17(3)26-23-20-9-22(25-10-21(20)18(4)27-28-23)30-13-24(14-30)11-29(5)12-24/h6-10,17H,11-14H2,1-5H3,(H,26,28)/t17-/m1/s1. The van der Waals surface area contributed by atoms with Crippen LogP contribution in [0.3, 0.4) is 0 Å². The minimum absolute atomic E-state index is 0.138. The van der Waals surface area contributed by atoms with Crippen LogP contribution in [0.25, 0.3) is 10.8 Å². The van der Waals surface area contributed by atoms with E-state index in [1.165, 1.54) is 29.8 Å². The Morgan fingerprint density at radius 3 is 2.53 bits per heavy atom. The zero-order valence-electron chi connectivity index (χ0n) is 18.5. The van der Waals surface area contributed by atoms with Gasteiger partial charge in [0.1, 0.15) is 5.82 Å². The molecule has 1 N–H and O–H groups in total. The number of rotatable bonds is 4. The van der Waals surface area contributed by atoms with Crippen molar-refractivity contribution in [3.05, 3.63) is 52.8 Å². The average Bonchev–Trinajstić information content (AvgIpc) is 2.67. The first kappa shape index (κ1) is 19.2. The summed E-state index contributed by atoms with van der Waals surface area (Å²) in [7, 11) is 2.19. The zero-order valence-corrected chi connectivity index (χ0v) is 18.5. The Kier molecular flexibility index (Phi) is 4.43. The average molecular weight is 403 g/mol. The second-order valence-corrected chi connectivity index (χ2v) is 9.41. The largest absolute Gasteiger partial charge is 0.362 e.